The number of halogens is 2. The first-order valence-corrected chi connectivity index (χ1v) is 11.9. The Kier molecular flexibility index (Phi) is 7.29. The fourth-order valence-electron chi connectivity index (χ4n) is 2.79. The molecule has 0 saturated heterocycles. The molecule has 8 nitrogen and oxygen atoms in total. The molecule has 0 fully saturated rings. The summed E-state index contributed by atoms with van der Waals surface area (Å²) in [6.45, 7) is 0.631. The maximum atomic E-state index is 14.2. The van der Waals surface area contributed by atoms with Crippen molar-refractivity contribution in [3.63, 3.8) is 0 Å². The molecule has 1 N–H and O–H groups in total. The lowest BCUT2D eigenvalue weighted by Crippen LogP contribution is -2.27. The molecule has 0 atom stereocenters. The summed E-state index contributed by atoms with van der Waals surface area (Å²) in [7, 11) is -0.196. The maximum absolute atomic E-state index is 14.2. The molecule has 0 bridgehead atoms. The normalized spacial score (nSPS) is 11.7. The molecule has 0 saturated carbocycles. The lowest BCUT2D eigenvalue weighted by molar-refractivity contribution is 0.280. The van der Waals surface area contributed by atoms with Gasteiger partial charge in [-0.3, -0.25) is 0 Å². The number of ether oxygens (including phenoxy) is 2. The number of nitrogens with one attached hydrogen (secondary N) is 1. The summed E-state index contributed by atoms with van der Waals surface area (Å²) in [6.07, 6.45) is 3.04. The van der Waals surface area contributed by atoms with Crippen molar-refractivity contribution in [1.29, 1.82) is 0 Å². The number of aromatic nitrogens is 2. The third kappa shape index (κ3) is 5.81. The van der Waals surface area contributed by atoms with E-state index in [0.717, 1.165) is 6.26 Å². The molecule has 0 aliphatic rings. The van der Waals surface area contributed by atoms with Crippen molar-refractivity contribution >= 4 is 48.4 Å². The number of hydrogen-bond donors (Lipinski definition) is 1. The average Bonchev–Trinajstić information content (AvgIpc) is 2.71. The van der Waals surface area contributed by atoms with Gasteiger partial charge in [0.05, 0.1) is 31.2 Å². The molecule has 11 heteroatoms. The number of hydrogen-bond acceptors (Lipinski definition) is 7. The second-order valence-corrected chi connectivity index (χ2v) is 9.78. The Morgan fingerprint density at radius 2 is 1.97 bits per heavy atom. The van der Waals surface area contributed by atoms with E-state index in [2.05, 4.69) is 31.2 Å². The highest BCUT2D eigenvalue weighted by molar-refractivity contribution is 9.10. The van der Waals surface area contributed by atoms with Crippen molar-refractivity contribution < 1.29 is 22.3 Å². The first kappa shape index (κ1) is 23.2. The van der Waals surface area contributed by atoms with E-state index in [1.807, 2.05) is 0 Å². The summed E-state index contributed by atoms with van der Waals surface area (Å²) in [4.78, 5) is 8.50. The van der Waals surface area contributed by atoms with Crippen LogP contribution in [0.15, 0.2) is 41.1 Å². The van der Waals surface area contributed by atoms with Crippen LogP contribution >= 0.6 is 15.9 Å². The van der Waals surface area contributed by atoms with Crippen LogP contribution in [0, 0.1) is 5.82 Å². The van der Waals surface area contributed by atoms with Crippen LogP contribution in [0.1, 0.15) is 6.42 Å². The zero-order valence-corrected chi connectivity index (χ0v) is 19.6. The quantitative estimate of drug-likeness (QED) is 0.433. The number of fused-ring (bicyclic) bond motifs is 1. The van der Waals surface area contributed by atoms with Gasteiger partial charge < -0.3 is 14.8 Å². The highest BCUT2D eigenvalue weighted by Crippen LogP contribution is 2.35. The minimum absolute atomic E-state index is 0.275. The Morgan fingerprint density at radius 3 is 2.65 bits per heavy atom. The molecule has 0 amide bonds. The lowest BCUT2D eigenvalue weighted by atomic mass is 10.2. The Hall–Kier alpha value is -2.50. The molecule has 3 rings (SSSR count). The van der Waals surface area contributed by atoms with Gasteiger partial charge in [0.1, 0.15) is 18.0 Å². The van der Waals surface area contributed by atoms with Gasteiger partial charge in [-0.25, -0.2) is 27.1 Å². The fourth-order valence-corrected chi connectivity index (χ4v) is 3.58. The van der Waals surface area contributed by atoms with E-state index in [1.165, 1.54) is 30.9 Å². The van der Waals surface area contributed by atoms with Crippen LogP contribution < -0.4 is 14.8 Å². The highest BCUT2D eigenvalue weighted by atomic mass is 79.9. The van der Waals surface area contributed by atoms with E-state index in [1.54, 1.807) is 24.3 Å². The molecule has 0 aliphatic heterocycles. The lowest BCUT2D eigenvalue weighted by Gasteiger charge is -2.16. The number of benzene rings is 2. The molecular weight excluding hydrogens is 491 g/mol. The predicted octanol–water partition coefficient (Wildman–Crippen LogP) is 3.94. The zero-order valence-electron chi connectivity index (χ0n) is 17.2. The molecule has 0 spiro atoms. The molecule has 3 aromatic rings. The van der Waals surface area contributed by atoms with Crippen molar-refractivity contribution in [1.82, 2.24) is 14.3 Å². The zero-order chi connectivity index (χ0) is 22.6. The van der Waals surface area contributed by atoms with Crippen molar-refractivity contribution in [2.75, 3.05) is 38.9 Å². The van der Waals surface area contributed by atoms with Gasteiger partial charge in [-0.05, 0) is 30.7 Å². The van der Waals surface area contributed by atoms with Crippen LogP contribution in [0.5, 0.6) is 11.5 Å². The Balaban J connectivity index is 1.81. The van der Waals surface area contributed by atoms with Crippen LogP contribution in [-0.4, -0.2) is 56.3 Å². The topological polar surface area (TPSA) is 93.7 Å². The van der Waals surface area contributed by atoms with E-state index in [9.17, 15) is 12.8 Å². The van der Waals surface area contributed by atoms with Crippen molar-refractivity contribution in [2.45, 2.75) is 6.42 Å². The summed E-state index contributed by atoms with van der Waals surface area (Å²) < 4.78 is 50.3. The van der Waals surface area contributed by atoms with Crippen LogP contribution in [0.25, 0.3) is 10.9 Å². The Morgan fingerprint density at radius 1 is 1.19 bits per heavy atom. The van der Waals surface area contributed by atoms with Crippen molar-refractivity contribution in [2.24, 2.45) is 0 Å². The largest absolute Gasteiger partial charge is 0.493 e. The monoisotopic (exact) mass is 512 g/mol. The summed E-state index contributed by atoms with van der Waals surface area (Å²) in [6, 6.07) is 8.11. The minimum atomic E-state index is -3.23. The first-order chi connectivity index (χ1) is 14.7. The summed E-state index contributed by atoms with van der Waals surface area (Å²) in [5.41, 5.74) is 0.858. The standard InChI is InChI=1S/C20H22BrFN4O4S/c1-26(31(3,27)28)7-4-8-30-19-11-17-14(10-18(19)29-2)20(24-12-23-17)25-16-6-5-13(21)9-15(16)22/h5-6,9-12H,4,7-8H2,1-3H3,(H,23,24,25). The average molecular weight is 513 g/mol. The van der Waals surface area contributed by atoms with E-state index >= 15 is 0 Å². The number of rotatable bonds is 9. The van der Waals surface area contributed by atoms with Crippen LogP contribution in [-0.2, 0) is 10.0 Å². The van der Waals surface area contributed by atoms with Gasteiger partial charge in [0, 0.05) is 29.5 Å². The molecule has 2 aromatic carbocycles. The molecule has 166 valence electrons. The van der Waals surface area contributed by atoms with E-state index in [-0.39, 0.29) is 5.69 Å². The third-order valence-electron chi connectivity index (χ3n) is 4.55. The summed E-state index contributed by atoms with van der Waals surface area (Å²) in [5.74, 6) is 0.924. The Labute approximate surface area is 188 Å². The van der Waals surface area contributed by atoms with E-state index in [0.29, 0.717) is 52.3 Å². The van der Waals surface area contributed by atoms with E-state index < -0.39 is 15.8 Å². The summed E-state index contributed by atoms with van der Waals surface area (Å²) >= 11 is 3.24. The first-order valence-electron chi connectivity index (χ1n) is 9.28. The molecule has 1 heterocycles. The van der Waals surface area contributed by atoms with Gasteiger partial charge in [0.2, 0.25) is 10.0 Å². The van der Waals surface area contributed by atoms with Gasteiger partial charge in [0.15, 0.2) is 11.5 Å². The van der Waals surface area contributed by atoms with Gasteiger partial charge in [-0.15, -0.1) is 0 Å². The molecule has 1 aromatic heterocycles. The van der Waals surface area contributed by atoms with Gasteiger partial charge in [0.25, 0.3) is 0 Å². The van der Waals surface area contributed by atoms with Gasteiger partial charge >= 0.3 is 0 Å². The minimum Gasteiger partial charge on any atom is -0.493 e. The number of nitrogens with zero attached hydrogens (tertiary/aromatic N) is 3. The van der Waals surface area contributed by atoms with Crippen molar-refractivity contribution in [3.8, 4) is 11.5 Å². The van der Waals surface area contributed by atoms with Crippen LogP contribution in [0.2, 0.25) is 0 Å². The second kappa shape index (κ2) is 9.75. The molecular formula is C20H22BrFN4O4S. The predicted molar refractivity (Wildman–Crippen MR) is 121 cm³/mol. The second-order valence-electron chi connectivity index (χ2n) is 6.78. The fraction of sp³-hybridized carbons (Fsp3) is 0.300. The summed E-state index contributed by atoms with van der Waals surface area (Å²) in [5, 5.41) is 3.62. The van der Waals surface area contributed by atoms with E-state index in [4.69, 9.17) is 9.47 Å². The molecule has 0 radical (unpaired) electrons. The SMILES string of the molecule is COc1cc2c(Nc3ccc(Br)cc3F)ncnc2cc1OCCCN(C)S(C)(=O)=O. The maximum Gasteiger partial charge on any atom is 0.210 e. The van der Waals surface area contributed by atoms with Crippen LogP contribution in [0.3, 0.4) is 0 Å². The highest BCUT2D eigenvalue weighted by Gasteiger charge is 2.14. The molecule has 31 heavy (non-hydrogen) atoms. The molecule has 0 aliphatic carbocycles. The van der Waals surface area contributed by atoms with Crippen LogP contribution in [0.4, 0.5) is 15.9 Å². The van der Waals surface area contributed by atoms with Gasteiger partial charge in [-0.1, -0.05) is 15.9 Å². The molecule has 0 unspecified atom stereocenters. The number of sulfonamides is 1. The number of methoxy groups -OCH3 is 1. The van der Waals surface area contributed by atoms with Crippen molar-refractivity contribution in [3.05, 3.63) is 46.9 Å². The third-order valence-corrected chi connectivity index (χ3v) is 6.35. The number of anilines is 2. The van der Waals surface area contributed by atoms with Gasteiger partial charge in [-0.2, -0.15) is 0 Å². The smallest absolute Gasteiger partial charge is 0.210 e. The Bertz CT molecular complexity index is 1190.